The Kier molecular flexibility index (Phi) is 4.50. The van der Waals surface area contributed by atoms with Crippen LogP contribution in [-0.4, -0.2) is 14.2 Å². The summed E-state index contributed by atoms with van der Waals surface area (Å²) in [5, 5.41) is 3.36. The first-order chi connectivity index (χ1) is 9.06. The van der Waals surface area contributed by atoms with Crippen molar-refractivity contribution in [3.05, 3.63) is 50.2 Å². The van der Waals surface area contributed by atoms with Crippen LogP contribution in [0, 0.1) is 13.8 Å². The number of hydrogen-bond donors (Lipinski definition) is 1. The van der Waals surface area contributed by atoms with Gasteiger partial charge in [-0.05, 0) is 55.8 Å². The number of halogens is 1. The number of benzene rings is 1. The maximum absolute atomic E-state index is 6.04. The van der Waals surface area contributed by atoms with E-state index >= 15 is 0 Å². The van der Waals surface area contributed by atoms with Crippen LogP contribution in [0.25, 0.3) is 0 Å². The van der Waals surface area contributed by atoms with E-state index in [9.17, 15) is 0 Å². The number of rotatable bonds is 4. The number of aryl methyl sites for hydroxylation is 2. The van der Waals surface area contributed by atoms with Gasteiger partial charge < -0.3 is 10.1 Å². The lowest BCUT2D eigenvalue weighted by Gasteiger charge is -2.19. The molecule has 102 valence electrons. The third kappa shape index (κ3) is 2.94. The van der Waals surface area contributed by atoms with E-state index in [1.807, 2.05) is 13.1 Å². The van der Waals surface area contributed by atoms with E-state index in [1.54, 1.807) is 18.4 Å². The Bertz CT molecular complexity index is 580. The smallest absolute Gasteiger partial charge is 0.122 e. The fourth-order valence-corrected chi connectivity index (χ4v) is 3.47. The molecular formula is C15H18ClNOS. The predicted octanol–water partition coefficient (Wildman–Crippen LogP) is 4.34. The molecule has 4 heteroatoms. The van der Waals surface area contributed by atoms with Crippen LogP contribution in [0.5, 0.6) is 5.75 Å². The second kappa shape index (κ2) is 5.95. The fraction of sp³-hybridized carbons (Fsp3) is 0.333. The van der Waals surface area contributed by atoms with Crippen molar-refractivity contribution >= 4 is 22.9 Å². The molecule has 1 heterocycles. The summed E-state index contributed by atoms with van der Waals surface area (Å²) < 4.78 is 6.18. The molecule has 2 nitrogen and oxygen atoms in total. The summed E-state index contributed by atoms with van der Waals surface area (Å²) in [6.07, 6.45) is 0. The lowest BCUT2D eigenvalue weighted by Crippen LogP contribution is -2.17. The topological polar surface area (TPSA) is 21.3 Å². The van der Waals surface area contributed by atoms with Crippen LogP contribution in [0.1, 0.15) is 27.6 Å². The van der Waals surface area contributed by atoms with Gasteiger partial charge in [0.1, 0.15) is 5.75 Å². The Balaban J connectivity index is 2.47. The second-order valence-electron chi connectivity index (χ2n) is 4.54. The van der Waals surface area contributed by atoms with Crippen LogP contribution >= 0.6 is 22.9 Å². The molecule has 0 saturated carbocycles. The molecule has 1 aromatic heterocycles. The summed E-state index contributed by atoms with van der Waals surface area (Å²) in [4.78, 5) is 1.22. The van der Waals surface area contributed by atoms with Crippen molar-refractivity contribution in [3.63, 3.8) is 0 Å². The van der Waals surface area contributed by atoms with Gasteiger partial charge in [0.2, 0.25) is 0 Å². The van der Waals surface area contributed by atoms with Crippen molar-refractivity contribution in [2.24, 2.45) is 0 Å². The molecule has 0 fully saturated rings. The molecule has 0 bridgehead atoms. The largest absolute Gasteiger partial charge is 0.496 e. The Morgan fingerprint density at radius 3 is 2.47 bits per heavy atom. The first-order valence-corrected chi connectivity index (χ1v) is 7.34. The van der Waals surface area contributed by atoms with Crippen LogP contribution in [0.4, 0.5) is 0 Å². The van der Waals surface area contributed by atoms with Crippen molar-refractivity contribution in [1.29, 1.82) is 0 Å². The number of ether oxygens (including phenoxy) is 1. The molecule has 0 aliphatic carbocycles. The van der Waals surface area contributed by atoms with Gasteiger partial charge in [0.15, 0.2) is 0 Å². The van der Waals surface area contributed by atoms with Gasteiger partial charge in [0.25, 0.3) is 0 Å². The summed E-state index contributed by atoms with van der Waals surface area (Å²) in [6, 6.07) is 8.46. The molecule has 19 heavy (non-hydrogen) atoms. The van der Waals surface area contributed by atoms with Gasteiger partial charge in [-0.2, -0.15) is 0 Å². The highest BCUT2D eigenvalue weighted by Gasteiger charge is 2.17. The molecule has 0 radical (unpaired) electrons. The maximum Gasteiger partial charge on any atom is 0.122 e. The molecule has 2 aromatic rings. The van der Waals surface area contributed by atoms with E-state index in [-0.39, 0.29) is 6.04 Å². The van der Waals surface area contributed by atoms with E-state index in [2.05, 4.69) is 37.4 Å². The zero-order valence-corrected chi connectivity index (χ0v) is 13.2. The van der Waals surface area contributed by atoms with Crippen LogP contribution in [0.3, 0.4) is 0 Å². The van der Waals surface area contributed by atoms with Crippen molar-refractivity contribution in [3.8, 4) is 5.75 Å². The number of thiophene rings is 1. The van der Waals surface area contributed by atoms with E-state index in [0.29, 0.717) is 0 Å². The fourth-order valence-electron chi connectivity index (χ4n) is 2.28. The van der Waals surface area contributed by atoms with Gasteiger partial charge in [0, 0.05) is 4.88 Å². The molecule has 0 aliphatic rings. The second-order valence-corrected chi connectivity index (χ2v) is 6.29. The zero-order chi connectivity index (χ0) is 14.0. The van der Waals surface area contributed by atoms with E-state index in [0.717, 1.165) is 15.6 Å². The van der Waals surface area contributed by atoms with Crippen molar-refractivity contribution in [2.45, 2.75) is 19.9 Å². The Morgan fingerprint density at radius 2 is 1.95 bits per heavy atom. The number of hydrogen-bond acceptors (Lipinski definition) is 3. The van der Waals surface area contributed by atoms with Crippen molar-refractivity contribution in [1.82, 2.24) is 5.32 Å². The average molecular weight is 296 g/mol. The molecular weight excluding hydrogens is 278 g/mol. The van der Waals surface area contributed by atoms with E-state index < -0.39 is 0 Å². The summed E-state index contributed by atoms with van der Waals surface area (Å²) in [5.41, 5.74) is 3.62. The summed E-state index contributed by atoms with van der Waals surface area (Å²) in [6.45, 7) is 4.17. The molecule has 0 amide bonds. The molecule has 0 spiro atoms. The lowest BCUT2D eigenvalue weighted by molar-refractivity contribution is 0.411. The minimum Gasteiger partial charge on any atom is -0.496 e. The predicted molar refractivity (Wildman–Crippen MR) is 82.7 cm³/mol. The van der Waals surface area contributed by atoms with Gasteiger partial charge in [-0.1, -0.05) is 17.7 Å². The van der Waals surface area contributed by atoms with Gasteiger partial charge >= 0.3 is 0 Å². The highest BCUT2D eigenvalue weighted by atomic mass is 35.5. The van der Waals surface area contributed by atoms with Crippen LogP contribution < -0.4 is 10.1 Å². The third-order valence-corrected chi connectivity index (χ3v) is 4.56. The van der Waals surface area contributed by atoms with Gasteiger partial charge in [0.05, 0.1) is 17.5 Å². The molecule has 0 aliphatic heterocycles. The minimum atomic E-state index is 0.169. The van der Waals surface area contributed by atoms with Crippen LogP contribution in [0.2, 0.25) is 4.34 Å². The Morgan fingerprint density at radius 1 is 1.21 bits per heavy atom. The quantitative estimate of drug-likeness (QED) is 0.906. The lowest BCUT2D eigenvalue weighted by atomic mass is 9.97. The Hall–Kier alpha value is -1.03. The summed E-state index contributed by atoms with van der Waals surface area (Å²) in [7, 11) is 3.67. The molecule has 0 saturated heterocycles. The first-order valence-electron chi connectivity index (χ1n) is 6.14. The molecule has 1 aromatic carbocycles. The SMILES string of the molecule is CNC(c1ccc(Cl)s1)c1cc(C)c(OC)cc1C. The standard InChI is InChI=1S/C15H18ClNOS/c1-9-8-12(18-4)10(2)7-11(9)15(17-3)13-5-6-14(16)19-13/h5-8,15,17H,1-4H3. The van der Waals surface area contributed by atoms with Gasteiger partial charge in [-0.15, -0.1) is 11.3 Å². The molecule has 1 N–H and O–H groups in total. The van der Waals surface area contributed by atoms with Crippen LogP contribution in [-0.2, 0) is 0 Å². The van der Waals surface area contributed by atoms with Crippen LogP contribution in [0.15, 0.2) is 24.3 Å². The van der Waals surface area contributed by atoms with Gasteiger partial charge in [-0.3, -0.25) is 0 Å². The molecule has 1 unspecified atom stereocenters. The Labute approximate surface area is 123 Å². The molecule has 1 atom stereocenters. The number of methoxy groups -OCH3 is 1. The third-order valence-electron chi connectivity index (χ3n) is 3.26. The van der Waals surface area contributed by atoms with E-state index in [4.69, 9.17) is 16.3 Å². The normalized spacial score (nSPS) is 12.5. The summed E-state index contributed by atoms with van der Waals surface area (Å²) in [5.74, 6) is 0.931. The highest BCUT2D eigenvalue weighted by molar-refractivity contribution is 7.16. The van der Waals surface area contributed by atoms with E-state index in [1.165, 1.54) is 16.0 Å². The summed E-state index contributed by atoms with van der Waals surface area (Å²) >= 11 is 7.65. The first kappa shape index (κ1) is 14.4. The van der Waals surface area contributed by atoms with Gasteiger partial charge in [-0.25, -0.2) is 0 Å². The number of nitrogens with one attached hydrogen (secondary N) is 1. The van der Waals surface area contributed by atoms with Crippen molar-refractivity contribution < 1.29 is 4.74 Å². The highest BCUT2D eigenvalue weighted by Crippen LogP contribution is 2.34. The average Bonchev–Trinajstić information content (AvgIpc) is 2.80. The zero-order valence-electron chi connectivity index (χ0n) is 11.6. The van der Waals surface area contributed by atoms with Crippen molar-refractivity contribution in [2.75, 3.05) is 14.2 Å². The molecule has 2 rings (SSSR count). The minimum absolute atomic E-state index is 0.169. The monoisotopic (exact) mass is 295 g/mol. The maximum atomic E-state index is 6.04.